The third-order valence-corrected chi connectivity index (χ3v) is 23.2. The predicted molar refractivity (Wildman–Crippen MR) is 140 cm³/mol. The van der Waals surface area contributed by atoms with Gasteiger partial charge in [-0.2, -0.15) is 0 Å². The summed E-state index contributed by atoms with van der Waals surface area (Å²) in [7, 11) is -20.4. The van der Waals surface area contributed by atoms with Crippen molar-refractivity contribution in [3.05, 3.63) is 24.6 Å². The lowest BCUT2D eigenvalue weighted by Crippen LogP contribution is -2.70. The van der Waals surface area contributed by atoms with Gasteiger partial charge in [-0.1, -0.05) is 11.4 Å². The highest BCUT2D eigenvalue weighted by Crippen LogP contribution is 2.29. The molecule has 2 unspecified atom stereocenters. The molecule has 3 atom stereocenters. The molecule has 0 aromatic heterocycles. The summed E-state index contributed by atoms with van der Waals surface area (Å²) in [4.78, 5) is 22.0. The largest absolute Gasteiger partial charge is 0.727 e. The van der Waals surface area contributed by atoms with Crippen LogP contribution in [0.4, 0.5) is 0 Å². The van der Waals surface area contributed by atoms with Crippen LogP contribution in [0.3, 0.4) is 0 Å². The Bertz CT molecular complexity index is 800. The predicted octanol–water partition coefficient (Wildman–Crippen LogP) is -0.308. The molecule has 0 aliphatic rings. The van der Waals surface area contributed by atoms with Crippen molar-refractivity contribution >= 4 is 71.2 Å². The topological polar surface area (TPSA) is 142 Å². The molecule has 0 aliphatic heterocycles. The average molecular weight is 635 g/mol. The Labute approximate surface area is 218 Å². The van der Waals surface area contributed by atoms with Gasteiger partial charge in [0, 0.05) is 28.4 Å². The van der Waals surface area contributed by atoms with Crippen molar-refractivity contribution in [1.29, 1.82) is 0 Å². The van der Waals surface area contributed by atoms with Crippen LogP contribution in [0.25, 0.3) is 0 Å². The normalized spacial score (nSPS) is 17.6. The van der Waals surface area contributed by atoms with Gasteiger partial charge in [0.1, 0.15) is 0 Å². The van der Waals surface area contributed by atoms with E-state index in [2.05, 4.69) is 13.2 Å². The van der Waals surface area contributed by atoms with E-state index in [9.17, 15) is 9.59 Å². The Kier molecular flexibility index (Phi) is 14.2. The van der Waals surface area contributed by atoms with E-state index < -0.39 is 71.2 Å². The van der Waals surface area contributed by atoms with Crippen molar-refractivity contribution in [3.8, 4) is 12.0 Å². The first-order valence-electron chi connectivity index (χ1n) is 9.73. The highest BCUT2D eigenvalue weighted by molar-refractivity contribution is 6.88. The molecule has 0 heterocycles. The second kappa shape index (κ2) is 14.2. The molecule has 0 saturated heterocycles. The van der Waals surface area contributed by atoms with Crippen molar-refractivity contribution in [2.24, 2.45) is 0 Å². The fourth-order valence-corrected chi connectivity index (χ4v) is 20.6. The minimum Gasteiger partial charge on any atom is -0.496 e. The van der Waals surface area contributed by atoms with Crippen molar-refractivity contribution in [2.75, 3.05) is 28.4 Å². The number of hydrogen-bond acceptors (Lipinski definition) is 13. The van der Waals surface area contributed by atoms with Gasteiger partial charge in [-0.25, -0.2) is 0 Å². The van der Waals surface area contributed by atoms with Crippen LogP contribution in [0.1, 0.15) is 0 Å². The molecule has 0 fully saturated rings. The van der Waals surface area contributed by atoms with Crippen molar-refractivity contribution in [2.45, 2.75) is 26.2 Å². The second-order valence-corrected chi connectivity index (χ2v) is 26.6. The van der Waals surface area contributed by atoms with E-state index in [1.165, 1.54) is 12.8 Å². The quantitative estimate of drug-likeness (QED) is 0.191. The van der Waals surface area contributed by atoms with Gasteiger partial charge < -0.3 is 56.1 Å². The first-order chi connectivity index (χ1) is 16.0. The lowest BCUT2D eigenvalue weighted by atomic mass is 11.3. The third kappa shape index (κ3) is 11.1. The third-order valence-electron chi connectivity index (χ3n) is 3.91. The molecule has 35 heavy (non-hydrogen) atoms. The van der Waals surface area contributed by atoms with Crippen LogP contribution in [0, 0.1) is 12.0 Å². The molecule has 0 spiro atoms. The van der Waals surface area contributed by atoms with E-state index in [1.54, 1.807) is 31.9 Å². The summed E-state index contributed by atoms with van der Waals surface area (Å²) in [5.41, 5.74) is 3.13. The second-order valence-electron chi connectivity index (χ2n) is 7.43. The fraction of sp³-hybridized carbons (Fsp3) is 0.571. The molecule has 13 nitrogen and oxygen atoms in total. The van der Waals surface area contributed by atoms with Gasteiger partial charge in [-0.05, 0) is 26.2 Å². The molecular weight excluding hydrogens is 601 g/mol. The van der Waals surface area contributed by atoms with Crippen LogP contribution in [0.5, 0.6) is 0 Å². The summed E-state index contributed by atoms with van der Waals surface area (Å²) < 4.78 is 61.0. The van der Waals surface area contributed by atoms with Crippen molar-refractivity contribution in [3.63, 3.8) is 0 Å². The molecule has 0 amide bonds. The SMILES string of the molecule is C#[Si]O[Si](OC)(O[Si](C)(C)C=C)O[Si@](O)(OC)O[Si](O[Si]#C)(O[Si](C)(C)C=C)O[Si](O)(OC)OC. The van der Waals surface area contributed by atoms with Crippen molar-refractivity contribution in [1.82, 2.24) is 0 Å². The van der Waals surface area contributed by atoms with E-state index in [0.717, 1.165) is 21.3 Å². The summed E-state index contributed by atoms with van der Waals surface area (Å²) >= 11 is 0. The minimum absolute atomic E-state index is 0.645. The lowest BCUT2D eigenvalue weighted by Gasteiger charge is -2.39. The zero-order valence-corrected chi connectivity index (χ0v) is 29.1. The van der Waals surface area contributed by atoms with Gasteiger partial charge in [-0.15, -0.1) is 25.2 Å². The molecule has 0 aromatic rings. The van der Waals surface area contributed by atoms with E-state index in [4.69, 9.17) is 58.5 Å². The Morgan fingerprint density at radius 3 is 1.29 bits per heavy atom. The molecule has 2 N–H and O–H groups in total. The zero-order valence-electron chi connectivity index (χ0n) is 21.1. The van der Waals surface area contributed by atoms with E-state index in [-0.39, 0.29) is 0 Å². The first-order valence-corrected chi connectivity index (χ1v) is 24.3. The van der Waals surface area contributed by atoms with Gasteiger partial charge in [-0.3, -0.25) is 0 Å². The van der Waals surface area contributed by atoms with Crippen molar-refractivity contribution < 1.29 is 56.1 Å². The smallest absolute Gasteiger partial charge is 0.496 e. The summed E-state index contributed by atoms with van der Waals surface area (Å²) in [5, 5.41) is 0. The standard InChI is InChI=1S/C14H34O13Si8/c1-13-30(9,10)23-34(20-6,21-28-7)26-33(16,19-5)27-35(22-29-8,24-31(11,12)14-2)25-32(15,17-3)18-4/h7-8,13-16H,1-2H2,3-6,9-12H3/t33-,34?,35?/m0/s1. The van der Waals surface area contributed by atoms with Crippen LogP contribution < -0.4 is 0 Å². The minimum atomic E-state index is -4.89. The Morgan fingerprint density at radius 1 is 0.600 bits per heavy atom. The summed E-state index contributed by atoms with van der Waals surface area (Å²) in [6, 6.07) is 11.2. The van der Waals surface area contributed by atoms with E-state index in [0.29, 0.717) is 0 Å². The van der Waals surface area contributed by atoms with E-state index >= 15 is 0 Å². The van der Waals surface area contributed by atoms with Crippen LogP contribution >= 0.6 is 0 Å². The Balaban J connectivity index is 6.70. The summed E-state index contributed by atoms with van der Waals surface area (Å²) in [6.07, 6.45) is 0. The Hall–Kier alpha value is -0.0649. The highest BCUT2D eigenvalue weighted by Gasteiger charge is 2.69. The maximum atomic E-state index is 11.4. The number of hydrogen-bond donors (Lipinski definition) is 2. The molecule has 21 heteroatoms. The van der Waals surface area contributed by atoms with Gasteiger partial charge in [0.15, 0.2) is 0 Å². The fourth-order valence-electron chi connectivity index (χ4n) is 1.93. The number of rotatable bonds is 18. The Morgan fingerprint density at radius 2 is 0.943 bits per heavy atom. The van der Waals surface area contributed by atoms with Crippen LogP contribution in [0.15, 0.2) is 24.6 Å². The van der Waals surface area contributed by atoms with Gasteiger partial charge in [0.25, 0.3) is 0 Å². The first kappa shape index (κ1) is 34.9. The monoisotopic (exact) mass is 634 g/mol. The average Bonchev–Trinajstić information content (AvgIpc) is 2.78. The molecule has 0 radical (unpaired) electrons. The zero-order chi connectivity index (χ0) is 27.6. The molecule has 0 aromatic carbocycles. The molecule has 0 aliphatic carbocycles. The summed E-state index contributed by atoms with van der Waals surface area (Å²) in [5.74, 6) is 0. The molecular formula is C14H34O13Si8. The van der Waals surface area contributed by atoms with E-state index in [1.807, 2.05) is 0 Å². The van der Waals surface area contributed by atoms with Gasteiger partial charge >= 0.3 is 36.2 Å². The van der Waals surface area contributed by atoms with Gasteiger partial charge in [0.2, 0.25) is 35.0 Å². The van der Waals surface area contributed by atoms with Crippen LogP contribution in [-0.2, 0) is 46.5 Å². The van der Waals surface area contributed by atoms with Gasteiger partial charge in [0.05, 0.1) is 0 Å². The highest BCUT2D eigenvalue weighted by atomic mass is 28.6. The molecule has 200 valence electrons. The van der Waals surface area contributed by atoms with Crippen LogP contribution in [0.2, 0.25) is 26.2 Å². The summed E-state index contributed by atoms with van der Waals surface area (Å²) in [6.45, 7) is 14.5. The maximum absolute atomic E-state index is 11.4. The van der Waals surface area contributed by atoms with Crippen LogP contribution in [-0.4, -0.2) is 109 Å². The lowest BCUT2D eigenvalue weighted by molar-refractivity contribution is -0.0170. The molecule has 0 bridgehead atoms. The maximum Gasteiger partial charge on any atom is 0.727 e. The molecule has 0 saturated carbocycles. The molecule has 0 rings (SSSR count).